The molecule has 0 radical (unpaired) electrons. The molecule has 0 saturated heterocycles. The molecule has 112 valence electrons. The topological polar surface area (TPSA) is 67.6 Å². The van der Waals surface area contributed by atoms with Crippen molar-refractivity contribution in [3.05, 3.63) is 29.8 Å². The summed E-state index contributed by atoms with van der Waals surface area (Å²) in [5.74, 6) is 6.02. The normalized spacial score (nSPS) is 10.9. The molecule has 0 spiro atoms. The number of carbonyl (C=O) groups is 1. The highest BCUT2D eigenvalue weighted by molar-refractivity contribution is 5.96. The molecule has 1 aromatic rings. The van der Waals surface area contributed by atoms with Gasteiger partial charge in [-0.05, 0) is 24.6 Å². The predicted molar refractivity (Wildman–Crippen MR) is 80.5 cm³/mol. The minimum Gasteiger partial charge on any atom is -0.491 e. The van der Waals surface area contributed by atoms with E-state index < -0.39 is 0 Å². The van der Waals surface area contributed by atoms with Gasteiger partial charge in [0, 0.05) is 13.1 Å². The number of likely N-dealkylation sites (N-methyl/N-ethyl adjacent to an activating group) is 1. The monoisotopic (exact) mass is 279 g/mol. The zero-order chi connectivity index (χ0) is 15.0. The largest absolute Gasteiger partial charge is 0.491 e. The molecule has 0 saturated carbocycles. The Morgan fingerprint density at radius 1 is 1.40 bits per heavy atom. The summed E-state index contributed by atoms with van der Waals surface area (Å²) < 4.78 is 5.72. The Morgan fingerprint density at radius 2 is 2.10 bits per heavy atom. The number of nitrogens with two attached hydrogens (primary N) is 1. The van der Waals surface area contributed by atoms with Gasteiger partial charge in [-0.25, -0.2) is 5.84 Å². The van der Waals surface area contributed by atoms with Gasteiger partial charge in [0.2, 0.25) is 0 Å². The van der Waals surface area contributed by atoms with E-state index >= 15 is 0 Å². The highest BCUT2D eigenvalue weighted by Crippen LogP contribution is 2.17. The molecule has 0 atom stereocenters. The number of rotatable bonds is 8. The molecule has 5 nitrogen and oxygen atoms in total. The molecule has 0 bridgehead atoms. The highest BCUT2D eigenvalue weighted by atomic mass is 16.5. The van der Waals surface area contributed by atoms with E-state index in [1.54, 1.807) is 18.2 Å². The summed E-state index contributed by atoms with van der Waals surface area (Å²) >= 11 is 0. The van der Waals surface area contributed by atoms with E-state index in [0.717, 1.165) is 19.6 Å². The van der Waals surface area contributed by atoms with Crippen LogP contribution >= 0.6 is 0 Å². The quantitative estimate of drug-likeness (QED) is 0.431. The summed E-state index contributed by atoms with van der Waals surface area (Å²) in [6.45, 7) is 9.97. The SMILES string of the molecule is CCN(CCOc1ccccc1C(=O)NN)CC(C)C. The Bertz CT molecular complexity index is 421. The third kappa shape index (κ3) is 5.19. The van der Waals surface area contributed by atoms with Crippen LogP contribution in [0.3, 0.4) is 0 Å². The molecule has 0 aliphatic rings. The first-order valence-electron chi connectivity index (χ1n) is 7.03. The van der Waals surface area contributed by atoms with E-state index in [2.05, 4.69) is 31.1 Å². The van der Waals surface area contributed by atoms with Crippen LogP contribution in [0.2, 0.25) is 0 Å². The number of para-hydroxylation sites is 1. The summed E-state index contributed by atoms with van der Waals surface area (Å²) in [6.07, 6.45) is 0. The summed E-state index contributed by atoms with van der Waals surface area (Å²) in [5, 5.41) is 0. The minimum atomic E-state index is -0.338. The number of nitrogens with zero attached hydrogens (tertiary/aromatic N) is 1. The molecule has 1 amide bonds. The average Bonchev–Trinajstić information content (AvgIpc) is 2.45. The van der Waals surface area contributed by atoms with Gasteiger partial charge >= 0.3 is 0 Å². The van der Waals surface area contributed by atoms with Crippen LogP contribution < -0.4 is 16.0 Å². The lowest BCUT2D eigenvalue weighted by Gasteiger charge is -2.22. The minimum absolute atomic E-state index is 0.338. The maximum absolute atomic E-state index is 11.6. The number of carbonyl (C=O) groups excluding carboxylic acids is 1. The molecule has 1 rings (SSSR count). The number of hydrazine groups is 1. The Morgan fingerprint density at radius 3 is 2.70 bits per heavy atom. The molecule has 0 aliphatic heterocycles. The van der Waals surface area contributed by atoms with Gasteiger partial charge in [0.1, 0.15) is 12.4 Å². The van der Waals surface area contributed by atoms with Crippen molar-refractivity contribution in [2.24, 2.45) is 11.8 Å². The molecular weight excluding hydrogens is 254 g/mol. The number of hydrogen-bond donors (Lipinski definition) is 2. The van der Waals surface area contributed by atoms with Crippen molar-refractivity contribution in [3.8, 4) is 5.75 Å². The van der Waals surface area contributed by atoms with Gasteiger partial charge in [-0.2, -0.15) is 0 Å². The van der Waals surface area contributed by atoms with Crippen LogP contribution in [0.25, 0.3) is 0 Å². The van der Waals surface area contributed by atoms with Crippen LogP contribution in [0.15, 0.2) is 24.3 Å². The fourth-order valence-electron chi connectivity index (χ4n) is 2.04. The maximum Gasteiger partial charge on any atom is 0.268 e. The van der Waals surface area contributed by atoms with Crippen molar-refractivity contribution in [1.29, 1.82) is 0 Å². The van der Waals surface area contributed by atoms with Crippen molar-refractivity contribution in [3.63, 3.8) is 0 Å². The van der Waals surface area contributed by atoms with Crippen molar-refractivity contribution in [1.82, 2.24) is 10.3 Å². The van der Waals surface area contributed by atoms with E-state index in [4.69, 9.17) is 10.6 Å². The van der Waals surface area contributed by atoms with E-state index in [0.29, 0.717) is 23.8 Å². The lowest BCUT2D eigenvalue weighted by atomic mass is 10.2. The Labute approximate surface area is 121 Å². The van der Waals surface area contributed by atoms with Crippen molar-refractivity contribution in [2.45, 2.75) is 20.8 Å². The van der Waals surface area contributed by atoms with Gasteiger partial charge in [-0.15, -0.1) is 0 Å². The molecule has 0 unspecified atom stereocenters. The van der Waals surface area contributed by atoms with Crippen LogP contribution in [0, 0.1) is 5.92 Å². The zero-order valence-electron chi connectivity index (χ0n) is 12.6. The number of nitrogen functional groups attached to an aromatic ring is 1. The van der Waals surface area contributed by atoms with Gasteiger partial charge in [-0.1, -0.05) is 32.9 Å². The first kappa shape index (κ1) is 16.5. The van der Waals surface area contributed by atoms with E-state index in [9.17, 15) is 4.79 Å². The Balaban J connectivity index is 2.55. The molecule has 0 fully saturated rings. The average molecular weight is 279 g/mol. The molecule has 3 N–H and O–H groups in total. The van der Waals surface area contributed by atoms with Crippen LogP contribution in [0.4, 0.5) is 0 Å². The maximum atomic E-state index is 11.6. The molecule has 0 aliphatic carbocycles. The standard InChI is InChI=1S/C15H25N3O2/c1-4-18(11-12(2)3)9-10-20-14-8-6-5-7-13(14)15(19)17-16/h5-8,12H,4,9-11,16H2,1-3H3,(H,17,19). The van der Waals surface area contributed by atoms with Crippen LogP contribution in [0.1, 0.15) is 31.1 Å². The summed E-state index contributed by atoms with van der Waals surface area (Å²) in [5.41, 5.74) is 2.59. The number of nitrogens with one attached hydrogen (secondary N) is 1. The number of ether oxygens (including phenoxy) is 1. The fraction of sp³-hybridized carbons (Fsp3) is 0.533. The Hall–Kier alpha value is -1.59. The van der Waals surface area contributed by atoms with E-state index in [-0.39, 0.29) is 5.91 Å². The fourth-order valence-corrected chi connectivity index (χ4v) is 2.04. The summed E-state index contributed by atoms with van der Waals surface area (Å²) in [4.78, 5) is 13.9. The number of hydrogen-bond acceptors (Lipinski definition) is 4. The third-order valence-electron chi connectivity index (χ3n) is 3.00. The van der Waals surface area contributed by atoms with Gasteiger partial charge in [0.05, 0.1) is 5.56 Å². The second-order valence-corrected chi connectivity index (χ2v) is 5.11. The van der Waals surface area contributed by atoms with Crippen LogP contribution in [-0.4, -0.2) is 37.0 Å². The van der Waals surface area contributed by atoms with Gasteiger partial charge in [0.15, 0.2) is 0 Å². The van der Waals surface area contributed by atoms with E-state index in [1.165, 1.54) is 0 Å². The summed E-state index contributed by atoms with van der Waals surface area (Å²) in [7, 11) is 0. The lowest BCUT2D eigenvalue weighted by Crippen LogP contribution is -2.32. The van der Waals surface area contributed by atoms with Gasteiger partial charge in [-0.3, -0.25) is 15.1 Å². The van der Waals surface area contributed by atoms with Crippen LogP contribution in [0.5, 0.6) is 5.75 Å². The summed E-state index contributed by atoms with van der Waals surface area (Å²) in [6, 6.07) is 7.11. The van der Waals surface area contributed by atoms with Crippen molar-refractivity contribution < 1.29 is 9.53 Å². The third-order valence-corrected chi connectivity index (χ3v) is 3.00. The lowest BCUT2D eigenvalue weighted by molar-refractivity contribution is 0.0948. The first-order valence-corrected chi connectivity index (χ1v) is 7.03. The number of benzene rings is 1. The Kier molecular flexibility index (Phi) is 7.04. The van der Waals surface area contributed by atoms with Crippen molar-refractivity contribution >= 4 is 5.91 Å². The molecule has 0 heterocycles. The molecular formula is C15H25N3O2. The number of amides is 1. The second-order valence-electron chi connectivity index (χ2n) is 5.11. The van der Waals surface area contributed by atoms with E-state index in [1.807, 2.05) is 6.07 Å². The van der Waals surface area contributed by atoms with Crippen LogP contribution in [-0.2, 0) is 0 Å². The second kappa shape index (κ2) is 8.55. The smallest absolute Gasteiger partial charge is 0.268 e. The van der Waals surface area contributed by atoms with Gasteiger partial charge < -0.3 is 4.74 Å². The highest BCUT2D eigenvalue weighted by Gasteiger charge is 2.11. The molecule has 5 heteroatoms. The predicted octanol–water partition coefficient (Wildman–Crippen LogP) is 1.65. The molecule has 1 aromatic carbocycles. The first-order chi connectivity index (χ1) is 9.58. The zero-order valence-corrected chi connectivity index (χ0v) is 12.6. The van der Waals surface area contributed by atoms with Gasteiger partial charge in [0.25, 0.3) is 5.91 Å². The molecule has 20 heavy (non-hydrogen) atoms. The molecule has 0 aromatic heterocycles. The van der Waals surface area contributed by atoms with Crippen molar-refractivity contribution in [2.75, 3.05) is 26.2 Å².